The van der Waals surface area contributed by atoms with Gasteiger partial charge in [0.1, 0.15) is 5.78 Å². The molecule has 1 fully saturated rings. The standard InChI is InChI=1S/C13H24O4S/c1-9(2)12(17-18(5,15)16)10-8-13(3,4)7-6-11(10)14/h9-10,12H,6-8H2,1-5H3. The zero-order chi connectivity index (χ0) is 14.1. The molecule has 0 amide bonds. The van der Waals surface area contributed by atoms with Gasteiger partial charge in [-0.15, -0.1) is 0 Å². The fraction of sp³-hybridized carbons (Fsp3) is 0.923. The monoisotopic (exact) mass is 276 g/mol. The van der Waals surface area contributed by atoms with Crippen LogP contribution < -0.4 is 0 Å². The van der Waals surface area contributed by atoms with Crippen molar-refractivity contribution in [1.29, 1.82) is 0 Å². The number of rotatable bonds is 4. The van der Waals surface area contributed by atoms with Gasteiger partial charge in [0, 0.05) is 12.3 Å². The molecule has 2 unspecified atom stereocenters. The molecule has 0 aromatic carbocycles. The van der Waals surface area contributed by atoms with E-state index >= 15 is 0 Å². The number of ketones is 1. The highest BCUT2D eigenvalue weighted by Crippen LogP contribution is 2.40. The zero-order valence-electron chi connectivity index (χ0n) is 11.9. The first-order valence-electron chi connectivity index (χ1n) is 6.43. The minimum Gasteiger partial charge on any atom is -0.299 e. The average Bonchev–Trinajstić information content (AvgIpc) is 2.17. The summed E-state index contributed by atoms with van der Waals surface area (Å²) < 4.78 is 27.8. The van der Waals surface area contributed by atoms with Gasteiger partial charge in [0.25, 0.3) is 10.1 Å². The minimum atomic E-state index is -3.53. The van der Waals surface area contributed by atoms with Crippen LogP contribution in [0.5, 0.6) is 0 Å². The maximum Gasteiger partial charge on any atom is 0.264 e. The Morgan fingerprint density at radius 3 is 2.33 bits per heavy atom. The molecule has 0 heterocycles. The van der Waals surface area contributed by atoms with Crippen molar-refractivity contribution in [3.05, 3.63) is 0 Å². The van der Waals surface area contributed by atoms with Crippen LogP contribution in [0.3, 0.4) is 0 Å². The van der Waals surface area contributed by atoms with Gasteiger partial charge in [-0.1, -0.05) is 27.7 Å². The molecular weight excluding hydrogens is 252 g/mol. The van der Waals surface area contributed by atoms with Crippen molar-refractivity contribution in [3.63, 3.8) is 0 Å². The third-order valence-corrected chi connectivity index (χ3v) is 4.15. The molecular formula is C13H24O4S. The summed E-state index contributed by atoms with van der Waals surface area (Å²) in [4.78, 5) is 12.0. The largest absolute Gasteiger partial charge is 0.299 e. The summed E-state index contributed by atoms with van der Waals surface area (Å²) in [7, 11) is -3.53. The first-order chi connectivity index (χ1) is 8.02. The normalized spacial score (nSPS) is 26.3. The molecule has 0 spiro atoms. The predicted octanol–water partition coefficient (Wildman–Crippen LogP) is 2.38. The van der Waals surface area contributed by atoms with Gasteiger partial charge in [0.15, 0.2) is 0 Å². The Kier molecular flexibility index (Phi) is 4.60. The van der Waals surface area contributed by atoms with E-state index in [0.29, 0.717) is 12.8 Å². The number of hydrogen-bond acceptors (Lipinski definition) is 4. The van der Waals surface area contributed by atoms with E-state index in [-0.39, 0.29) is 23.0 Å². The zero-order valence-corrected chi connectivity index (χ0v) is 12.7. The molecule has 106 valence electrons. The molecule has 0 aromatic heterocycles. The molecule has 4 nitrogen and oxygen atoms in total. The summed E-state index contributed by atoms with van der Waals surface area (Å²) >= 11 is 0. The Morgan fingerprint density at radius 2 is 1.89 bits per heavy atom. The number of carbonyl (C=O) groups is 1. The van der Waals surface area contributed by atoms with Crippen LogP contribution in [-0.2, 0) is 19.1 Å². The van der Waals surface area contributed by atoms with E-state index in [1.165, 1.54) is 0 Å². The van der Waals surface area contributed by atoms with E-state index in [0.717, 1.165) is 12.7 Å². The van der Waals surface area contributed by atoms with E-state index in [1.54, 1.807) is 0 Å². The van der Waals surface area contributed by atoms with Gasteiger partial charge < -0.3 is 0 Å². The second-order valence-electron chi connectivity index (χ2n) is 6.45. The van der Waals surface area contributed by atoms with E-state index < -0.39 is 16.2 Å². The lowest BCUT2D eigenvalue weighted by Gasteiger charge is -2.38. The molecule has 1 rings (SSSR count). The van der Waals surface area contributed by atoms with Crippen molar-refractivity contribution in [2.24, 2.45) is 17.3 Å². The van der Waals surface area contributed by atoms with Gasteiger partial charge in [-0.3, -0.25) is 8.98 Å². The molecule has 1 aliphatic carbocycles. The van der Waals surface area contributed by atoms with Crippen molar-refractivity contribution in [1.82, 2.24) is 0 Å². The van der Waals surface area contributed by atoms with E-state index in [1.807, 2.05) is 13.8 Å². The lowest BCUT2D eigenvalue weighted by atomic mass is 9.68. The third-order valence-electron chi connectivity index (χ3n) is 3.57. The minimum absolute atomic E-state index is 0.00238. The fourth-order valence-corrected chi connectivity index (χ4v) is 3.36. The maximum atomic E-state index is 12.0. The smallest absolute Gasteiger partial charge is 0.264 e. The highest BCUT2D eigenvalue weighted by Gasteiger charge is 2.41. The molecule has 0 radical (unpaired) electrons. The van der Waals surface area contributed by atoms with Crippen molar-refractivity contribution in [2.75, 3.05) is 6.26 Å². The molecule has 2 atom stereocenters. The number of hydrogen-bond donors (Lipinski definition) is 0. The maximum absolute atomic E-state index is 12.0. The van der Waals surface area contributed by atoms with Gasteiger partial charge in [-0.05, 0) is 24.2 Å². The Hall–Kier alpha value is -0.420. The summed E-state index contributed by atoms with van der Waals surface area (Å²) in [5.41, 5.74) is 0.0760. The van der Waals surface area contributed by atoms with Gasteiger partial charge in [-0.25, -0.2) is 0 Å². The second kappa shape index (κ2) is 5.29. The van der Waals surface area contributed by atoms with Crippen LogP contribution in [0.4, 0.5) is 0 Å². The lowest BCUT2D eigenvalue weighted by Crippen LogP contribution is -2.42. The van der Waals surface area contributed by atoms with Crippen molar-refractivity contribution < 1.29 is 17.4 Å². The molecule has 0 aliphatic heterocycles. The summed E-state index contributed by atoms with van der Waals surface area (Å²) in [5.74, 6) is -0.164. The summed E-state index contributed by atoms with van der Waals surface area (Å²) in [6, 6.07) is 0. The van der Waals surface area contributed by atoms with Gasteiger partial charge in [0.05, 0.1) is 12.4 Å². The summed E-state index contributed by atoms with van der Waals surface area (Å²) in [5, 5.41) is 0. The molecule has 0 aromatic rings. The van der Waals surface area contributed by atoms with Crippen LogP contribution in [0.25, 0.3) is 0 Å². The van der Waals surface area contributed by atoms with E-state index in [4.69, 9.17) is 4.18 Å². The highest BCUT2D eigenvalue weighted by atomic mass is 32.2. The van der Waals surface area contributed by atoms with Crippen molar-refractivity contribution >= 4 is 15.9 Å². The predicted molar refractivity (Wildman–Crippen MR) is 70.7 cm³/mol. The Morgan fingerprint density at radius 1 is 1.33 bits per heavy atom. The molecule has 0 N–H and O–H groups in total. The SMILES string of the molecule is CC(C)C(OS(C)(=O)=O)C1CC(C)(C)CCC1=O. The Balaban J connectivity index is 2.94. The number of carbonyl (C=O) groups excluding carboxylic acids is 1. The Bertz CT molecular complexity index is 409. The van der Waals surface area contributed by atoms with Gasteiger partial charge >= 0.3 is 0 Å². The van der Waals surface area contributed by atoms with Crippen LogP contribution in [0, 0.1) is 17.3 Å². The van der Waals surface area contributed by atoms with Crippen LogP contribution in [0.1, 0.15) is 47.0 Å². The second-order valence-corrected chi connectivity index (χ2v) is 8.05. The molecule has 0 bridgehead atoms. The Labute approximate surface area is 110 Å². The van der Waals surface area contributed by atoms with Crippen LogP contribution in [0.15, 0.2) is 0 Å². The fourth-order valence-electron chi connectivity index (χ4n) is 2.60. The van der Waals surface area contributed by atoms with Crippen LogP contribution in [-0.4, -0.2) is 26.6 Å². The van der Waals surface area contributed by atoms with Crippen LogP contribution in [0.2, 0.25) is 0 Å². The lowest BCUT2D eigenvalue weighted by molar-refractivity contribution is -0.131. The molecule has 1 aliphatic rings. The first kappa shape index (κ1) is 15.6. The molecule has 18 heavy (non-hydrogen) atoms. The van der Waals surface area contributed by atoms with Crippen molar-refractivity contribution in [2.45, 2.75) is 53.1 Å². The third kappa shape index (κ3) is 4.35. The van der Waals surface area contributed by atoms with Crippen molar-refractivity contribution in [3.8, 4) is 0 Å². The molecule has 1 saturated carbocycles. The molecule has 0 saturated heterocycles. The number of Topliss-reactive ketones (excluding diaryl/α,β-unsaturated/α-hetero) is 1. The first-order valence-corrected chi connectivity index (χ1v) is 8.24. The topological polar surface area (TPSA) is 60.4 Å². The van der Waals surface area contributed by atoms with Crippen LogP contribution >= 0.6 is 0 Å². The summed E-state index contributed by atoms with van der Waals surface area (Å²) in [6.45, 7) is 8.02. The highest BCUT2D eigenvalue weighted by molar-refractivity contribution is 7.86. The van der Waals surface area contributed by atoms with Gasteiger partial charge in [-0.2, -0.15) is 8.42 Å². The average molecular weight is 276 g/mol. The van der Waals surface area contributed by atoms with E-state index in [9.17, 15) is 13.2 Å². The van der Waals surface area contributed by atoms with Gasteiger partial charge in [0.2, 0.25) is 0 Å². The molecule has 5 heteroatoms. The quantitative estimate of drug-likeness (QED) is 0.740. The summed E-state index contributed by atoms with van der Waals surface area (Å²) in [6.07, 6.45) is 2.59. The van der Waals surface area contributed by atoms with E-state index in [2.05, 4.69) is 13.8 Å².